The maximum atomic E-state index is 3.56. The van der Waals surface area contributed by atoms with Gasteiger partial charge in [0.2, 0.25) is 0 Å². The lowest BCUT2D eigenvalue weighted by Crippen LogP contribution is -2.34. The van der Waals surface area contributed by atoms with Crippen molar-refractivity contribution in [2.24, 2.45) is 23.7 Å². The van der Waals surface area contributed by atoms with E-state index in [4.69, 9.17) is 0 Å². The minimum Gasteiger partial charge on any atom is -0.317 e. The van der Waals surface area contributed by atoms with E-state index in [0.29, 0.717) is 0 Å². The highest BCUT2D eigenvalue weighted by Gasteiger charge is 2.39. The van der Waals surface area contributed by atoms with Gasteiger partial charge in [-0.2, -0.15) is 0 Å². The summed E-state index contributed by atoms with van der Waals surface area (Å²) in [6, 6.07) is 0. The van der Waals surface area contributed by atoms with Crippen LogP contribution in [0, 0.1) is 23.7 Å². The first-order valence-corrected chi connectivity index (χ1v) is 7.05. The highest BCUT2D eigenvalue weighted by atomic mass is 14.8. The second kappa shape index (κ2) is 5.34. The number of rotatable bonds is 5. The van der Waals surface area contributed by atoms with Crippen molar-refractivity contribution in [2.45, 2.75) is 52.4 Å². The fourth-order valence-corrected chi connectivity index (χ4v) is 3.41. The minimum absolute atomic E-state index is 1.00. The van der Waals surface area contributed by atoms with Gasteiger partial charge < -0.3 is 5.32 Å². The zero-order valence-electron chi connectivity index (χ0n) is 10.5. The van der Waals surface area contributed by atoms with Gasteiger partial charge in [0, 0.05) is 0 Å². The largest absolute Gasteiger partial charge is 0.317 e. The fraction of sp³-hybridized carbons (Fsp3) is 1.00. The van der Waals surface area contributed by atoms with Gasteiger partial charge >= 0.3 is 0 Å². The Morgan fingerprint density at radius 1 is 1.07 bits per heavy atom. The molecule has 0 radical (unpaired) electrons. The van der Waals surface area contributed by atoms with E-state index in [1.165, 1.54) is 45.1 Å². The summed E-state index contributed by atoms with van der Waals surface area (Å²) in [6.45, 7) is 7.03. The Bertz CT molecular complexity index is 186. The third kappa shape index (κ3) is 2.96. The molecule has 15 heavy (non-hydrogen) atoms. The van der Waals surface area contributed by atoms with Gasteiger partial charge in [0.1, 0.15) is 0 Å². The maximum Gasteiger partial charge on any atom is -0.00179 e. The Balaban J connectivity index is 1.85. The summed E-state index contributed by atoms with van der Waals surface area (Å²) in [5, 5.41) is 3.56. The Morgan fingerprint density at radius 3 is 2.47 bits per heavy atom. The molecule has 0 saturated heterocycles. The second-order valence-electron chi connectivity index (χ2n) is 5.66. The number of nitrogens with one attached hydrogen (secondary N) is 1. The Hall–Kier alpha value is -0.0400. The van der Waals surface area contributed by atoms with Crippen LogP contribution in [-0.4, -0.2) is 13.1 Å². The average molecular weight is 209 g/mol. The first-order chi connectivity index (χ1) is 7.35. The summed E-state index contributed by atoms with van der Waals surface area (Å²) < 4.78 is 0. The molecule has 3 unspecified atom stereocenters. The lowest BCUT2D eigenvalue weighted by Gasteiger charge is -2.36. The second-order valence-corrected chi connectivity index (χ2v) is 5.66. The van der Waals surface area contributed by atoms with Crippen molar-refractivity contribution < 1.29 is 0 Å². The molecule has 0 aromatic carbocycles. The Labute approximate surface area is 95.0 Å². The Morgan fingerprint density at radius 2 is 1.87 bits per heavy atom. The normalized spacial score (nSPS) is 36.8. The van der Waals surface area contributed by atoms with E-state index in [1.807, 2.05) is 0 Å². The molecule has 1 N–H and O–H groups in total. The van der Waals surface area contributed by atoms with Gasteiger partial charge in [0.15, 0.2) is 0 Å². The van der Waals surface area contributed by atoms with Gasteiger partial charge in [-0.15, -0.1) is 0 Å². The molecule has 0 bridgehead atoms. The molecule has 0 aliphatic heterocycles. The van der Waals surface area contributed by atoms with Crippen LogP contribution in [0.3, 0.4) is 0 Å². The van der Waals surface area contributed by atoms with Crippen LogP contribution in [-0.2, 0) is 0 Å². The molecule has 0 amide bonds. The summed E-state index contributed by atoms with van der Waals surface area (Å²) in [4.78, 5) is 0. The zero-order chi connectivity index (χ0) is 10.7. The topological polar surface area (TPSA) is 12.0 Å². The third-order valence-corrected chi connectivity index (χ3v) is 4.62. The van der Waals surface area contributed by atoms with Crippen LogP contribution in [0.25, 0.3) is 0 Å². The van der Waals surface area contributed by atoms with Crippen molar-refractivity contribution in [1.29, 1.82) is 0 Å². The molecule has 2 saturated carbocycles. The van der Waals surface area contributed by atoms with Crippen molar-refractivity contribution in [3.63, 3.8) is 0 Å². The average Bonchev–Trinajstić information content (AvgIpc) is 3.10. The first-order valence-electron chi connectivity index (χ1n) is 7.05. The molecule has 0 spiro atoms. The SMILES string of the molecule is CCNCC1CCC(CC)CC1C1CC1. The lowest BCUT2D eigenvalue weighted by molar-refractivity contribution is 0.153. The maximum absolute atomic E-state index is 3.56. The number of hydrogen-bond acceptors (Lipinski definition) is 1. The molecular formula is C14H27N. The van der Waals surface area contributed by atoms with Crippen molar-refractivity contribution in [2.75, 3.05) is 13.1 Å². The molecule has 2 rings (SSSR count). The summed E-state index contributed by atoms with van der Waals surface area (Å²) in [6.07, 6.45) is 9.00. The highest BCUT2D eigenvalue weighted by molar-refractivity contribution is 4.90. The smallest absolute Gasteiger partial charge is 0.00179 e. The first kappa shape index (κ1) is 11.4. The van der Waals surface area contributed by atoms with E-state index in [0.717, 1.165) is 30.2 Å². The monoisotopic (exact) mass is 209 g/mol. The van der Waals surface area contributed by atoms with Crippen LogP contribution in [0.2, 0.25) is 0 Å². The van der Waals surface area contributed by atoms with Crippen LogP contribution in [0.15, 0.2) is 0 Å². The predicted octanol–water partition coefficient (Wildman–Crippen LogP) is 3.45. The summed E-state index contributed by atoms with van der Waals surface area (Å²) in [5.74, 6) is 4.24. The molecule has 88 valence electrons. The van der Waals surface area contributed by atoms with Crippen molar-refractivity contribution >= 4 is 0 Å². The van der Waals surface area contributed by atoms with Gasteiger partial charge in [-0.3, -0.25) is 0 Å². The molecule has 1 nitrogen and oxygen atoms in total. The van der Waals surface area contributed by atoms with E-state index < -0.39 is 0 Å². The third-order valence-electron chi connectivity index (χ3n) is 4.62. The van der Waals surface area contributed by atoms with Crippen molar-refractivity contribution in [3.05, 3.63) is 0 Å². The minimum atomic E-state index is 1.00. The van der Waals surface area contributed by atoms with Gasteiger partial charge in [-0.05, 0) is 62.4 Å². The molecule has 2 fully saturated rings. The van der Waals surface area contributed by atoms with Crippen molar-refractivity contribution in [3.8, 4) is 0 Å². The predicted molar refractivity (Wildman–Crippen MR) is 65.9 cm³/mol. The van der Waals surface area contributed by atoms with E-state index in [2.05, 4.69) is 19.2 Å². The zero-order valence-corrected chi connectivity index (χ0v) is 10.5. The summed E-state index contributed by atoms with van der Waals surface area (Å²) in [7, 11) is 0. The molecule has 0 aromatic rings. The molecule has 2 aliphatic carbocycles. The van der Waals surface area contributed by atoms with Crippen LogP contribution in [0.5, 0.6) is 0 Å². The highest BCUT2D eigenvalue weighted by Crippen LogP contribution is 2.48. The van der Waals surface area contributed by atoms with E-state index >= 15 is 0 Å². The van der Waals surface area contributed by atoms with Crippen LogP contribution >= 0.6 is 0 Å². The van der Waals surface area contributed by atoms with E-state index in [9.17, 15) is 0 Å². The molecule has 3 atom stereocenters. The van der Waals surface area contributed by atoms with Crippen molar-refractivity contribution in [1.82, 2.24) is 5.32 Å². The molecule has 0 aromatic heterocycles. The summed E-state index contributed by atoms with van der Waals surface area (Å²) >= 11 is 0. The standard InChI is InChI=1S/C14H27N/c1-3-11-5-6-13(10-15-4-2)14(9-11)12-7-8-12/h11-15H,3-10H2,1-2H3. The van der Waals surface area contributed by atoms with Gasteiger partial charge in [0.25, 0.3) is 0 Å². The summed E-state index contributed by atoms with van der Waals surface area (Å²) in [5.41, 5.74) is 0. The quantitative estimate of drug-likeness (QED) is 0.731. The van der Waals surface area contributed by atoms with Gasteiger partial charge in [-0.25, -0.2) is 0 Å². The van der Waals surface area contributed by atoms with Gasteiger partial charge in [-0.1, -0.05) is 26.7 Å². The molecule has 1 heteroatoms. The Kier molecular flexibility index (Phi) is 4.07. The number of hydrogen-bond donors (Lipinski definition) is 1. The van der Waals surface area contributed by atoms with Crippen LogP contribution < -0.4 is 5.32 Å². The fourth-order valence-electron chi connectivity index (χ4n) is 3.41. The molecule has 2 aliphatic rings. The molecule has 0 heterocycles. The van der Waals surface area contributed by atoms with Gasteiger partial charge in [0.05, 0.1) is 0 Å². The van der Waals surface area contributed by atoms with E-state index in [1.54, 1.807) is 0 Å². The van der Waals surface area contributed by atoms with Crippen LogP contribution in [0.4, 0.5) is 0 Å². The van der Waals surface area contributed by atoms with E-state index in [-0.39, 0.29) is 0 Å². The molecular weight excluding hydrogens is 182 g/mol. The lowest BCUT2D eigenvalue weighted by atomic mass is 9.71. The van der Waals surface area contributed by atoms with Crippen LogP contribution in [0.1, 0.15) is 52.4 Å².